The van der Waals surface area contributed by atoms with E-state index in [1.54, 1.807) is 0 Å². The molecule has 0 bridgehead atoms. The Morgan fingerprint density at radius 3 is 2.45 bits per heavy atom. The summed E-state index contributed by atoms with van der Waals surface area (Å²) in [6.07, 6.45) is 12.7. The lowest BCUT2D eigenvalue weighted by molar-refractivity contribution is -0.434. The van der Waals surface area contributed by atoms with Gasteiger partial charge in [0, 0.05) is 17.4 Å². The molecule has 0 aromatic carbocycles. The first kappa shape index (κ1) is 23.6. The van der Waals surface area contributed by atoms with Gasteiger partial charge in [-0.2, -0.15) is 0 Å². The smallest absolute Gasteiger partial charge is 0.246 e. The van der Waals surface area contributed by atoms with E-state index in [0.717, 1.165) is 42.6 Å². The van der Waals surface area contributed by atoms with Crippen molar-refractivity contribution >= 4 is 11.6 Å². The lowest BCUT2D eigenvalue weighted by atomic mass is 9.46. The van der Waals surface area contributed by atoms with Crippen LogP contribution in [0.5, 0.6) is 0 Å². The average Bonchev–Trinajstić information content (AvgIpc) is 3.05. The van der Waals surface area contributed by atoms with Gasteiger partial charge in [0.2, 0.25) is 5.70 Å². The number of nitro groups is 1. The summed E-state index contributed by atoms with van der Waals surface area (Å²) < 4.78 is 0. The molecule has 0 aliphatic heterocycles. The zero-order valence-electron chi connectivity index (χ0n) is 20.5. The number of fused-ring (bicyclic) bond motifs is 5. The van der Waals surface area contributed by atoms with Crippen LogP contribution in [0.3, 0.4) is 0 Å². The number of hydrogen-bond acceptors (Lipinski definition) is 2. The van der Waals surface area contributed by atoms with Crippen LogP contribution in [0.2, 0.25) is 0 Å². The Kier molecular flexibility index (Phi) is 6.58. The molecule has 3 fully saturated rings. The topological polar surface area (TPSA) is 43.1 Å². The number of rotatable bonds is 6. The lowest BCUT2D eigenvalue weighted by Gasteiger charge is -2.58. The van der Waals surface area contributed by atoms with E-state index in [2.05, 4.69) is 34.6 Å². The van der Waals surface area contributed by atoms with Crippen molar-refractivity contribution in [1.82, 2.24) is 0 Å². The first-order valence-corrected chi connectivity index (χ1v) is 13.5. The maximum absolute atomic E-state index is 12.2. The molecule has 4 rings (SSSR count). The molecule has 0 unspecified atom stereocenters. The van der Waals surface area contributed by atoms with Crippen LogP contribution in [0.15, 0.2) is 11.3 Å². The number of hydrogen-bond donors (Lipinski definition) is 0. The molecule has 8 atom stereocenters. The molecule has 0 heterocycles. The summed E-state index contributed by atoms with van der Waals surface area (Å²) in [6.45, 7) is 12.1. The quantitative estimate of drug-likeness (QED) is 0.232. The molecular formula is C27H44ClNO2. The van der Waals surface area contributed by atoms with Crippen LogP contribution in [0.25, 0.3) is 0 Å². The molecule has 4 aliphatic rings. The Morgan fingerprint density at radius 1 is 1.03 bits per heavy atom. The molecule has 0 aromatic rings. The Morgan fingerprint density at radius 2 is 1.77 bits per heavy atom. The van der Waals surface area contributed by atoms with Crippen molar-refractivity contribution < 1.29 is 4.92 Å². The molecule has 0 amide bonds. The van der Waals surface area contributed by atoms with Crippen LogP contribution < -0.4 is 0 Å². The highest BCUT2D eigenvalue weighted by molar-refractivity contribution is 6.20. The second-order valence-corrected chi connectivity index (χ2v) is 13.2. The van der Waals surface area contributed by atoms with Crippen molar-refractivity contribution in [2.45, 2.75) is 111 Å². The standard InChI is InChI=1S/C27H44ClNO2/c1-17(2)7-6-8-18(3)21-9-10-22-20-16-25(29(30)31)24-15-19(28)11-13-27(24,5)23(20)12-14-26(21,22)4/h17-23H,6-16H2,1-5H3/t18-,19-,20-,21-,22+,23-,26-,27+/m0/s1. The van der Waals surface area contributed by atoms with Crippen molar-refractivity contribution in [2.75, 3.05) is 0 Å². The molecule has 0 spiro atoms. The SMILES string of the molecule is CC(C)CCC[C@H](C)[C@@H]1CC[C@@H]2[C@@H]3CC([N+](=O)[O-])=C4C[C@@H](Cl)CC[C@]4(C)[C@H]3CC[C@]21C. The predicted molar refractivity (Wildman–Crippen MR) is 129 cm³/mol. The predicted octanol–water partition coefficient (Wildman–Crippen LogP) is 8.24. The minimum absolute atomic E-state index is 0.000985. The Hall–Kier alpha value is -0.570. The Bertz CT molecular complexity index is 733. The highest BCUT2D eigenvalue weighted by Gasteiger charge is 2.61. The van der Waals surface area contributed by atoms with Gasteiger partial charge in [0.15, 0.2) is 0 Å². The normalized spacial score (nSPS) is 43.4. The van der Waals surface area contributed by atoms with Crippen LogP contribution in [0.1, 0.15) is 105 Å². The van der Waals surface area contributed by atoms with E-state index in [-0.39, 0.29) is 15.7 Å². The lowest BCUT2D eigenvalue weighted by Crippen LogP contribution is -2.52. The maximum atomic E-state index is 12.2. The molecule has 176 valence electrons. The van der Waals surface area contributed by atoms with Crippen molar-refractivity contribution in [2.24, 2.45) is 46.3 Å². The Balaban J connectivity index is 1.59. The van der Waals surface area contributed by atoms with Gasteiger partial charge < -0.3 is 0 Å². The fourth-order valence-corrected chi connectivity index (χ4v) is 9.20. The Labute approximate surface area is 194 Å². The molecule has 3 nitrogen and oxygen atoms in total. The van der Waals surface area contributed by atoms with Gasteiger partial charge in [-0.05, 0) is 91.3 Å². The number of nitrogens with zero attached hydrogens (tertiary/aromatic N) is 1. The first-order valence-electron chi connectivity index (χ1n) is 13.1. The fraction of sp³-hybridized carbons (Fsp3) is 0.926. The first-order chi connectivity index (χ1) is 14.6. The number of alkyl halides is 1. The van der Waals surface area contributed by atoms with Crippen LogP contribution in [-0.4, -0.2) is 10.3 Å². The summed E-state index contributed by atoms with van der Waals surface area (Å²) in [6, 6.07) is 0. The van der Waals surface area contributed by atoms with E-state index in [9.17, 15) is 10.1 Å². The van der Waals surface area contributed by atoms with Crippen LogP contribution in [0, 0.1) is 56.5 Å². The van der Waals surface area contributed by atoms with Gasteiger partial charge in [-0.3, -0.25) is 10.1 Å². The van der Waals surface area contributed by atoms with E-state index >= 15 is 0 Å². The minimum atomic E-state index is -0.0361. The molecule has 0 radical (unpaired) electrons. The van der Waals surface area contributed by atoms with Gasteiger partial charge in [0.05, 0.1) is 4.92 Å². The molecule has 0 aromatic heterocycles. The average molecular weight is 450 g/mol. The van der Waals surface area contributed by atoms with Gasteiger partial charge in [-0.25, -0.2) is 0 Å². The van der Waals surface area contributed by atoms with E-state index in [1.807, 2.05) is 0 Å². The van der Waals surface area contributed by atoms with Crippen molar-refractivity contribution in [3.63, 3.8) is 0 Å². The highest BCUT2D eigenvalue weighted by atomic mass is 35.5. The molecule has 3 saturated carbocycles. The molecule has 0 N–H and O–H groups in total. The molecule has 4 heteroatoms. The van der Waals surface area contributed by atoms with Crippen LogP contribution in [0.4, 0.5) is 0 Å². The van der Waals surface area contributed by atoms with Crippen LogP contribution >= 0.6 is 11.6 Å². The van der Waals surface area contributed by atoms with Crippen molar-refractivity contribution in [3.8, 4) is 0 Å². The maximum Gasteiger partial charge on any atom is 0.246 e. The van der Waals surface area contributed by atoms with Crippen molar-refractivity contribution in [3.05, 3.63) is 21.4 Å². The largest absolute Gasteiger partial charge is 0.259 e. The fourth-order valence-electron chi connectivity index (χ4n) is 8.94. The third-order valence-electron chi connectivity index (χ3n) is 10.5. The minimum Gasteiger partial charge on any atom is -0.259 e. The highest BCUT2D eigenvalue weighted by Crippen LogP contribution is 2.68. The van der Waals surface area contributed by atoms with Crippen molar-refractivity contribution in [1.29, 1.82) is 0 Å². The number of allylic oxidation sites excluding steroid dienone is 2. The summed E-state index contributed by atoms with van der Waals surface area (Å²) in [5.41, 5.74) is 2.04. The zero-order valence-corrected chi connectivity index (χ0v) is 21.2. The van der Waals surface area contributed by atoms with Crippen LogP contribution in [-0.2, 0) is 0 Å². The summed E-state index contributed by atoms with van der Waals surface area (Å²) in [4.78, 5) is 12.1. The van der Waals surface area contributed by atoms with E-state index in [1.165, 1.54) is 44.9 Å². The van der Waals surface area contributed by atoms with E-state index < -0.39 is 0 Å². The summed E-state index contributed by atoms with van der Waals surface area (Å²) in [5, 5.41) is 12.2. The number of halogens is 1. The molecular weight excluding hydrogens is 406 g/mol. The summed E-state index contributed by atoms with van der Waals surface area (Å²) >= 11 is 6.51. The van der Waals surface area contributed by atoms with Gasteiger partial charge in [0.25, 0.3) is 0 Å². The monoisotopic (exact) mass is 449 g/mol. The van der Waals surface area contributed by atoms with E-state index in [4.69, 9.17) is 11.6 Å². The van der Waals surface area contributed by atoms with Gasteiger partial charge in [-0.15, -0.1) is 11.6 Å². The molecule has 4 aliphatic carbocycles. The summed E-state index contributed by atoms with van der Waals surface area (Å²) in [7, 11) is 0. The zero-order chi connectivity index (χ0) is 22.6. The second-order valence-electron chi connectivity index (χ2n) is 12.6. The van der Waals surface area contributed by atoms with E-state index in [0.29, 0.717) is 35.3 Å². The van der Waals surface area contributed by atoms with Gasteiger partial charge >= 0.3 is 0 Å². The third-order valence-corrected chi connectivity index (χ3v) is 10.9. The summed E-state index contributed by atoms with van der Waals surface area (Å²) in [5.74, 6) is 4.13. The third kappa shape index (κ3) is 4.00. The second kappa shape index (κ2) is 8.65. The van der Waals surface area contributed by atoms with Gasteiger partial charge in [0.1, 0.15) is 0 Å². The van der Waals surface area contributed by atoms with Gasteiger partial charge in [-0.1, -0.05) is 53.9 Å². The molecule has 31 heavy (non-hydrogen) atoms. The molecule has 0 saturated heterocycles.